The van der Waals surface area contributed by atoms with E-state index in [0.29, 0.717) is 6.54 Å². The highest BCUT2D eigenvalue weighted by Gasteiger charge is 2.22. The number of hydrogen-bond acceptors (Lipinski definition) is 7. The van der Waals surface area contributed by atoms with Crippen molar-refractivity contribution in [2.75, 3.05) is 38.1 Å². The van der Waals surface area contributed by atoms with Crippen LogP contribution in [0.25, 0.3) is 4.96 Å². The molecule has 0 amide bonds. The normalized spacial score (nSPS) is 15.8. The number of aromatic nitrogens is 4. The molecule has 0 aliphatic carbocycles. The number of aryl methyl sites for hydroxylation is 1. The number of imidazole rings is 1. The second kappa shape index (κ2) is 7.58. The molecule has 0 atom stereocenters. The number of thiazole rings is 1. The highest BCUT2D eigenvalue weighted by molar-refractivity contribution is 7.15. The van der Waals surface area contributed by atoms with Crippen LogP contribution in [0.1, 0.15) is 18.4 Å². The molecule has 138 valence electrons. The summed E-state index contributed by atoms with van der Waals surface area (Å²) in [6.07, 6.45) is 4.98. The van der Waals surface area contributed by atoms with Crippen molar-refractivity contribution in [1.29, 1.82) is 0 Å². The van der Waals surface area contributed by atoms with Gasteiger partial charge in [0.2, 0.25) is 5.13 Å². The second-order valence-corrected chi connectivity index (χ2v) is 7.65. The van der Waals surface area contributed by atoms with Gasteiger partial charge in [-0.2, -0.15) is 4.37 Å². The van der Waals surface area contributed by atoms with Gasteiger partial charge in [0.25, 0.3) is 0 Å². The SMILES string of the molecule is CCc1nsc(N2CCN(C(=NC)NCc3cn4ccsc4n3)CC2)n1. The summed E-state index contributed by atoms with van der Waals surface area (Å²) >= 11 is 3.14. The number of rotatable bonds is 4. The lowest BCUT2D eigenvalue weighted by Gasteiger charge is -2.36. The molecule has 4 rings (SSSR count). The van der Waals surface area contributed by atoms with Gasteiger partial charge < -0.3 is 15.1 Å². The van der Waals surface area contributed by atoms with E-state index in [-0.39, 0.29) is 0 Å². The first-order chi connectivity index (χ1) is 12.8. The van der Waals surface area contributed by atoms with Crippen molar-refractivity contribution in [3.05, 3.63) is 29.3 Å². The minimum atomic E-state index is 0.678. The number of aliphatic imine (C=N–C) groups is 1. The molecule has 1 aliphatic heterocycles. The summed E-state index contributed by atoms with van der Waals surface area (Å²) in [5.74, 6) is 1.86. The molecule has 4 heterocycles. The van der Waals surface area contributed by atoms with E-state index in [1.165, 1.54) is 11.5 Å². The number of nitrogens with zero attached hydrogens (tertiary/aromatic N) is 7. The van der Waals surface area contributed by atoms with E-state index in [9.17, 15) is 0 Å². The van der Waals surface area contributed by atoms with Crippen molar-refractivity contribution in [2.45, 2.75) is 19.9 Å². The van der Waals surface area contributed by atoms with Crippen LogP contribution in [0.3, 0.4) is 0 Å². The molecule has 8 nitrogen and oxygen atoms in total. The number of fused-ring (bicyclic) bond motifs is 1. The monoisotopic (exact) mass is 390 g/mol. The Hall–Kier alpha value is -2.20. The predicted octanol–water partition coefficient (Wildman–Crippen LogP) is 1.71. The number of hydrogen-bond donors (Lipinski definition) is 1. The molecule has 0 spiro atoms. The Morgan fingerprint density at radius 1 is 1.27 bits per heavy atom. The minimum absolute atomic E-state index is 0.678. The Morgan fingerprint density at radius 3 is 2.81 bits per heavy atom. The number of nitrogens with one attached hydrogen (secondary N) is 1. The average molecular weight is 391 g/mol. The molecule has 0 bridgehead atoms. The van der Waals surface area contributed by atoms with Crippen LogP contribution in [0, 0.1) is 0 Å². The molecule has 3 aromatic heterocycles. The van der Waals surface area contributed by atoms with Gasteiger partial charge in [0.1, 0.15) is 5.82 Å². The smallest absolute Gasteiger partial charge is 0.205 e. The Morgan fingerprint density at radius 2 is 2.12 bits per heavy atom. The first-order valence-corrected chi connectivity index (χ1v) is 10.4. The van der Waals surface area contributed by atoms with Crippen LogP contribution in [0.2, 0.25) is 0 Å². The summed E-state index contributed by atoms with van der Waals surface area (Å²) in [7, 11) is 1.83. The summed E-state index contributed by atoms with van der Waals surface area (Å²) in [5.41, 5.74) is 1.03. The molecule has 1 saturated heterocycles. The van der Waals surface area contributed by atoms with E-state index >= 15 is 0 Å². The first-order valence-electron chi connectivity index (χ1n) is 8.71. The molecular formula is C16H22N8S2. The van der Waals surface area contributed by atoms with Gasteiger partial charge >= 0.3 is 0 Å². The van der Waals surface area contributed by atoms with Crippen molar-refractivity contribution < 1.29 is 0 Å². The van der Waals surface area contributed by atoms with Gasteiger partial charge in [-0.15, -0.1) is 11.3 Å². The lowest BCUT2D eigenvalue weighted by Crippen LogP contribution is -2.52. The fourth-order valence-electron chi connectivity index (χ4n) is 2.99. The maximum Gasteiger partial charge on any atom is 0.205 e. The third kappa shape index (κ3) is 3.51. The molecule has 26 heavy (non-hydrogen) atoms. The van der Waals surface area contributed by atoms with Crippen LogP contribution < -0.4 is 10.2 Å². The zero-order chi connectivity index (χ0) is 17.9. The molecule has 0 unspecified atom stereocenters. The Bertz CT molecular complexity index is 858. The molecule has 3 aromatic rings. The second-order valence-electron chi connectivity index (χ2n) is 6.05. The van der Waals surface area contributed by atoms with E-state index in [4.69, 9.17) is 0 Å². The molecule has 10 heteroatoms. The molecule has 1 N–H and O–H groups in total. The molecule has 1 fully saturated rings. The van der Waals surface area contributed by atoms with Crippen molar-refractivity contribution in [1.82, 2.24) is 29.0 Å². The Kier molecular flexibility index (Phi) is 5.02. The molecule has 0 saturated carbocycles. The molecular weight excluding hydrogens is 368 g/mol. The van der Waals surface area contributed by atoms with Crippen LogP contribution in [0.4, 0.5) is 5.13 Å². The van der Waals surface area contributed by atoms with Gasteiger partial charge in [0.15, 0.2) is 10.9 Å². The Labute approximate surface area is 160 Å². The third-order valence-electron chi connectivity index (χ3n) is 4.41. The molecule has 0 radical (unpaired) electrons. The topological polar surface area (TPSA) is 74.0 Å². The van der Waals surface area contributed by atoms with Gasteiger partial charge in [-0.25, -0.2) is 9.97 Å². The summed E-state index contributed by atoms with van der Waals surface area (Å²) < 4.78 is 6.44. The van der Waals surface area contributed by atoms with Crippen molar-refractivity contribution in [3.63, 3.8) is 0 Å². The van der Waals surface area contributed by atoms with Crippen molar-refractivity contribution in [2.24, 2.45) is 4.99 Å². The summed E-state index contributed by atoms with van der Waals surface area (Å²) in [4.78, 5) is 19.3. The zero-order valence-corrected chi connectivity index (χ0v) is 16.6. The van der Waals surface area contributed by atoms with Gasteiger partial charge in [-0.05, 0) is 0 Å². The van der Waals surface area contributed by atoms with E-state index in [1.807, 2.05) is 18.6 Å². The van der Waals surface area contributed by atoms with Crippen LogP contribution in [-0.4, -0.2) is 62.8 Å². The third-order valence-corrected chi connectivity index (χ3v) is 5.99. The first kappa shape index (κ1) is 17.2. The zero-order valence-electron chi connectivity index (χ0n) is 14.9. The average Bonchev–Trinajstić information content (AvgIpc) is 3.38. The van der Waals surface area contributed by atoms with Crippen LogP contribution >= 0.6 is 22.9 Å². The quantitative estimate of drug-likeness (QED) is 0.540. The van der Waals surface area contributed by atoms with Gasteiger partial charge in [0.05, 0.1) is 12.2 Å². The fourth-order valence-corrected chi connectivity index (χ4v) is 4.51. The van der Waals surface area contributed by atoms with Gasteiger partial charge in [-0.3, -0.25) is 9.39 Å². The van der Waals surface area contributed by atoms with Crippen LogP contribution in [0.5, 0.6) is 0 Å². The van der Waals surface area contributed by atoms with Crippen LogP contribution in [-0.2, 0) is 13.0 Å². The molecule has 0 aromatic carbocycles. The number of piperazine rings is 1. The highest BCUT2D eigenvalue weighted by Crippen LogP contribution is 2.19. The maximum absolute atomic E-state index is 4.61. The van der Waals surface area contributed by atoms with Gasteiger partial charge in [-0.1, -0.05) is 6.92 Å². The van der Waals surface area contributed by atoms with E-state index in [2.05, 4.69) is 52.0 Å². The number of anilines is 1. The van der Waals surface area contributed by atoms with E-state index in [0.717, 1.165) is 60.2 Å². The minimum Gasteiger partial charge on any atom is -0.351 e. The van der Waals surface area contributed by atoms with Crippen molar-refractivity contribution in [3.8, 4) is 0 Å². The number of guanidine groups is 1. The van der Waals surface area contributed by atoms with E-state index < -0.39 is 0 Å². The highest BCUT2D eigenvalue weighted by atomic mass is 32.1. The summed E-state index contributed by atoms with van der Waals surface area (Å²) in [6, 6.07) is 0. The molecule has 1 aliphatic rings. The van der Waals surface area contributed by atoms with Crippen LogP contribution in [0.15, 0.2) is 22.8 Å². The van der Waals surface area contributed by atoms with Crippen molar-refractivity contribution >= 4 is 38.9 Å². The van der Waals surface area contributed by atoms with E-state index in [1.54, 1.807) is 11.3 Å². The maximum atomic E-state index is 4.61. The lowest BCUT2D eigenvalue weighted by molar-refractivity contribution is 0.372. The van der Waals surface area contributed by atoms with Gasteiger partial charge in [0, 0.05) is 69.0 Å². The lowest BCUT2D eigenvalue weighted by atomic mass is 10.3. The standard InChI is InChI=1S/C16H22N8S2/c1-3-13-20-16(26-21-13)23-6-4-22(5-7-23)14(17-2)18-10-12-11-24-8-9-25-15(24)19-12/h8-9,11H,3-7,10H2,1-2H3,(H,17,18). The largest absolute Gasteiger partial charge is 0.351 e. The Balaban J connectivity index is 1.32. The predicted molar refractivity (Wildman–Crippen MR) is 106 cm³/mol. The summed E-state index contributed by atoms with van der Waals surface area (Å²) in [5, 5.41) is 6.51. The fraction of sp³-hybridized carbons (Fsp3) is 0.500. The summed E-state index contributed by atoms with van der Waals surface area (Å²) in [6.45, 7) is 6.46.